The minimum absolute atomic E-state index is 0.309. The van der Waals surface area contributed by atoms with Gasteiger partial charge in [-0.05, 0) is 44.1 Å². The molecule has 114 valence electrons. The van der Waals surface area contributed by atoms with E-state index in [-0.39, 0.29) is 0 Å². The fourth-order valence-corrected chi connectivity index (χ4v) is 3.79. The van der Waals surface area contributed by atoms with Gasteiger partial charge in [-0.1, -0.05) is 47.0 Å². The Bertz CT molecular complexity index is 227. The number of rotatable bonds is 8. The van der Waals surface area contributed by atoms with Crippen LogP contribution in [-0.4, -0.2) is 30.1 Å². The van der Waals surface area contributed by atoms with Crippen molar-refractivity contribution < 1.29 is 0 Å². The lowest BCUT2D eigenvalue weighted by Gasteiger charge is -2.48. The van der Waals surface area contributed by atoms with Gasteiger partial charge in [0.1, 0.15) is 0 Å². The highest BCUT2D eigenvalue weighted by molar-refractivity contribution is 4.96. The zero-order valence-electron chi connectivity index (χ0n) is 13.8. The highest BCUT2D eigenvalue weighted by atomic mass is 15.2. The van der Waals surface area contributed by atoms with Crippen LogP contribution < -0.4 is 5.73 Å². The summed E-state index contributed by atoms with van der Waals surface area (Å²) in [5.41, 5.74) is 6.53. The summed E-state index contributed by atoms with van der Waals surface area (Å²) >= 11 is 0. The van der Waals surface area contributed by atoms with E-state index < -0.39 is 0 Å². The van der Waals surface area contributed by atoms with Gasteiger partial charge < -0.3 is 5.73 Å². The quantitative estimate of drug-likeness (QED) is 0.720. The van der Waals surface area contributed by atoms with Crippen molar-refractivity contribution in [3.8, 4) is 0 Å². The summed E-state index contributed by atoms with van der Waals surface area (Å²) in [6.07, 6.45) is 9.34. The van der Waals surface area contributed by atoms with E-state index in [2.05, 4.69) is 32.6 Å². The molecule has 2 nitrogen and oxygen atoms in total. The fourth-order valence-electron chi connectivity index (χ4n) is 3.79. The molecule has 0 amide bonds. The molecule has 0 aromatic carbocycles. The summed E-state index contributed by atoms with van der Waals surface area (Å²) < 4.78 is 0. The van der Waals surface area contributed by atoms with Crippen LogP contribution in [0.5, 0.6) is 0 Å². The third-order valence-electron chi connectivity index (χ3n) is 5.68. The second kappa shape index (κ2) is 8.26. The van der Waals surface area contributed by atoms with Gasteiger partial charge in [0.15, 0.2) is 0 Å². The number of nitrogens with zero attached hydrogens (tertiary/aromatic N) is 1. The van der Waals surface area contributed by atoms with Gasteiger partial charge >= 0.3 is 0 Å². The number of hydrogen-bond donors (Lipinski definition) is 1. The molecule has 1 rings (SSSR count). The van der Waals surface area contributed by atoms with Crippen molar-refractivity contribution in [2.75, 3.05) is 19.6 Å². The SMILES string of the molecule is CCC1CCC(CN)(N(CC)CC(CC)CC)CC1. The molecule has 1 saturated carbocycles. The normalized spacial score (nSPS) is 28.3. The first-order valence-electron chi connectivity index (χ1n) is 8.60. The summed E-state index contributed by atoms with van der Waals surface area (Å²) in [6.45, 7) is 12.5. The summed E-state index contributed by atoms with van der Waals surface area (Å²) in [5, 5.41) is 0. The standard InChI is InChI=1S/C17H36N2/c1-5-15(6-2)13-19(8-4)17(14-18)11-9-16(7-3)10-12-17/h15-16H,5-14,18H2,1-4H3. The van der Waals surface area contributed by atoms with Crippen molar-refractivity contribution in [2.45, 2.75) is 78.2 Å². The van der Waals surface area contributed by atoms with Gasteiger partial charge in [-0.15, -0.1) is 0 Å². The highest BCUT2D eigenvalue weighted by Gasteiger charge is 2.38. The molecule has 1 fully saturated rings. The zero-order valence-corrected chi connectivity index (χ0v) is 13.8. The lowest BCUT2D eigenvalue weighted by Crippen LogP contribution is -2.56. The monoisotopic (exact) mass is 268 g/mol. The van der Waals surface area contributed by atoms with Crippen molar-refractivity contribution in [3.05, 3.63) is 0 Å². The largest absolute Gasteiger partial charge is 0.329 e. The maximum atomic E-state index is 6.22. The molecule has 0 aromatic rings. The maximum Gasteiger partial charge on any atom is 0.0331 e. The molecule has 0 unspecified atom stereocenters. The van der Waals surface area contributed by atoms with Gasteiger partial charge in [0.05, 0.1) is 0 Å². The number of nitrogens with two attached hydrogens (primary N) is 1. The Morgan fingerprint density at radius 1 is 1.11 bits per heavy atom. The maximum absolute atomic E-state index is 6.22. The van der Waals surface area contributed by atoms with Gasteiger partial charge in [-0.3, -0.25) is 4.90 Å². The third-order valence-corrected chi connectivity index (χ3v) is 5.68. The lowest BCUT2D eigenvalue weighted by molar-refractivity contribution is 0.0321. The Kier molecular flexibility index (Phi) is 7.38. The van der Waals surface area contributed by atoms with Crippen molar-refractivity contribution >= 4 is 0 Å². The Labute approximate surface area is 121 Å². The molecule has 0 spiro atoms. The van der Waals surface area contributed by atoms with Gasteiger partial charge in [0, 0.05) is 18.6 Å². The van der Waals surface area contributed by atoms with Crippen LogP contribution in [0.1, 0.15) is 72.6 Å². The molecule has 0 heterocycles. The van der Waals surface area contributed by atoms with Crippen molar-refractivity contribution in [2.24, 2.45) is 17.6 Å². The van der Waals surface area contributed by atoms with E-state index in [0.29, 0.717) is 5.54 Å². The molecule has 2 heteroatoms. The van der Waals surface area contributed by atoms with Crippen LogP contribution >= 0.6 is 0 Å². The summed E-state index contributed by atoms with van der Waals surface area (Å²) in [7, 11) is 0. The predicted octanol–water partition coefficient (Wildman–Crippen LogP) is 4.04. The molecule has 0 atom stereocenters. The minimum atomic E-state index is 0.309. The summed E-state index contributed by atoms with van der Waals surface area (Å²) in [4.78, 5) is 2.72. The van der Waals surface area contributed by atoms with Crippen molar-refractivity contribution in [1.29, 1.82) is 0 Å². The Morgan fingerprint density at radius 3 is 2.05 bits per heavy atom. The summed E-state index contributed by atoms with van der Waals surface area (Å²) in [6, 6.07) is 0. The smallest absolute Gasteiger partial charge is 0.0331 e. The molecule has 2 N–H and O–H groups in total. The van der Waals surface area contributed by atoms with Gasteiger partial charge in [0.25, 0.3) is 0 Å². The molecule has 0 aliphatic heterocycles. The second-order valence-electron chi connectivity index (χ2n) is 6.50. The fraction of sp³-hybridized carbons (Fsp3) is 1.00. The van der Waals surface area contributed by atoms with Crippen LogP contribution in [0, 0.1) is 11.8 Å². The van der Waals surface area contributed by atoms with Gasteiger partial charge in [0.2, 0.25) is 0 Å². The molecule has 1 aliphatic rings. The van der Waals surface area contributed by atoms with E-state index in [0.717, 1.165) is 24.9 Å². The van der Waals surface area contributed by atoms with Crippen LogP contribution in [-0.2, 0) is 0 Å². The van der Waals surface area contributed by atoms with Crippen LogP contribution in [0.2, 0.25) is 0 Å². The number of likely N-dealkylation sites (N-methyl/N-ethyl adjacent to an activating group) is 1. The van der Waals surface area contributed by atoms with E-state index in [1.807, 2.05) is 0 Å². The first kappa shape index (κ1) is 17.0. The lowest BCUT2D eigenvalue weighted by atomic mass is 9.74. The van der Waals surface area contributed by atoms with Crippen LogP contribution in [0.4, 0.5) is 0 Å². The Balaban J connectivity index is 2.69. The minimum Gasteiger partial charge on any atom is -0.329 e. The number of hydrogen-bond acceptors (Lipinski definition) is 2. The van der Waals surface area contributed by atoms with Crippen LogP contribution in [0.15, 0.2) is 0 Å². The average molecular weight is 268 g/mol. The Morgan fingerprint density at radius 2 is 1.68 bits per heavy atom. The van der Waals surface area contributed by atoms with Crippen LogP contribution in [0.3, 0.4) is 0 Å². The second-order valence-corrected chi connectivity index (χ2v) is 6.50. The predicted molar refractivity (Wildman–Crippen MR) is 85.4 cm³/mol. The van der Waals surface area contributed by atoms with Gasteiger partial charge in [-0.2, -0.15) is 0 Å². The molecule has 0 aromatic heterocycles. The van der Waals surface area contributed by atoms with E-state index >= 15 is 0 Å². The molecule has 0 bridgehead atoms. The highest BCUT2D eigenvalue weighted by Crippen LogP contribution is 2.37. The first-order chi connectivity index (χ1) is 9.15. The van der Waals surface area contributed by atoms with Gasteiger partial charge in [-0.25, -0.2) is 0 Å². The molecular formula is C17H36N2. The van der Waals surface area contributed by atoms with E-state index in [9.17, 15) is 0 Å². The Hall–Kier alpha value is -0.0800. The van der Waals surface area contributed by atoms with E-state index in [1.54, 1.807) is 0 Å². The summed E-state index contributed by atoms with van der Waals surface area (Å²) in [5.74, 6) is 1.79. The zero-order chi connectivity index (χ0) is 14.3. The molecular weight excluding hydrogens is 232 g/mol. The first-order valence-corrected chi connectivity index (χ1v) is 8.60. The molecule has 1 aliphatic carbocycles. The molecule has 0 radical (unpaired) electrons. The van der Waals surface area contributed by atoms with Crippen molar-refractivity contribution in [1.82, 2.24) is 4.90 Å². The molecule has 0 saturated heterocycles. The average Bonchev–Trinajstić information content (AvgIpc) is 2.48. The van der Waals surface area contributed by atoms with E-state index in [1.165, 1.54) is 51.5 Å². The van der Waals surface area contributed by atoms with E-state index in [4.69, 9.17) is 5.73 Å². The topological polar surface area (TPSA) is 29.3 Å². The van der Waals surface area contributed by atoms with Crippen LogP contribution in [0.25, 0.3) is 0 Å². The third kappa shape index (κ3) is 4.19. The molecule has 19 heavy (non-hydrogen) atoms. The van der Waals surface area contributed by atoms with Crippen molar-refractivity contribution in [3.63, 3.8) is 0 Å².